The molecule has 0 fully saturated rings. The van der Waals surface area contributed by atoms with E-state index in [2.05, 4.69) is 4.98 Å². The number of pyridine rings is 1. The van der Waals surface area contributed by atoms with Crippen molar-refractivity contribution in [3.8, 4) is 0 Å². The van der Waals surface area contributed by atoms with E-state index in [1.807, 2.05) is 19.0 Å². The second kappa shape index (κ2) is 5.29. The van der Waals surface area contributed by atoms with Crippen LogP contribution in [0.3, 0.4) is 0 Å². The molecule has 6 nitrogen and oxygen atoms in total. The molecule has 17 heavy (non-hydrogen) atoms. The monoisotopic (exact) mass is 236 g/mol. The standard InChI is InChI=1S/C11H16N4O2/c1-13(2)8-6-9-5-7-12-11(14(3)4)10(9)15(16)17/h5-8H,1-4H3. The van der Waals surface area contributed by atoms with E-state index in [0.29, 0.717) is 11.4 Å². The third-order valence-electron chi connectivity index (χ3n) is 2.09. The van der Waals surface area contributed by atoms with Crippen LogP contribution in [0.2, 0.25) is 0 Å². The van der Waals surface area contributed by atoms with Gasteiger partial charge in [0.05, 0.1) is 10.5 Å². The van der Waals surface area contributed by atoms with Gasteiger partial charge in [-0.3, -0.25) is 10.1 Å². The van der Waals surface area contributed by atoms with Crippen LogP contribution in [-0.2, 0) is 0 Å². The molecule has 0 amide bonds. The lowest BCUT2D eigenvalue weighted by molar-refractivity contribution is -0.384. The molecule has 0 aliphatic heterocycles. The quantitative estimate of drug-likeness (QED) is 0.586. The van der Waals surface area contributed by atoms with Crippen molar-refractivity contribution >= 4 is 17.6 Å². The molecule has 1 aromatic heterocycles. The third-order valence-corrected chi connectivity index (χ3v) is 2.09. The summed E-state index contributed by atoms with van der Waals surface area (Å²) in [6.45, 7) is 0. The van der Waals surface area contributed by atoms with E-state index in [-0.39, 0.29) is 5.69 Å². The summed E-state index contributed by atoms with van der Waals surface area (Å²) in [7, 11) is 7.18. The van der Waals surface area contributed by atoms with Crippen molar-refractivity contribution in [2.45, 2.75) is 0 Å². The Morgan fingerprint density at radius 3 is 2.47 bits per heavy atom. The highest BCUT2D eigenvalue weighted by Gasteiger charge is 2.20. The summed E-state index contributed by atoms with van der Waals surface area (Å²) in [6.07, 6.45) is 5.03. The SMILES string of the molecule is CN(C)C=Cc1ccnc(N(C)C)c1[N+](=O)[O-]. The number of nitro groups is 1. The summed E-state index contributed by atoms with van der Waals surface area (Å²) in [6, 6.07) is 1.63. The van der Waals surface area contributed by atoms with Crippen LogP contribution < -0.4 is 4.90 Å². The van der Waals surface area contributed by atoms with E-state index >= 15 is 0 Å². The normalized spacial score (nSPS) is 10.6. The Morgan fingerprint density at radius 1 is 1.35 bits per heavy atom. The molecule has 0 bridgehead atoms. The van der Waals surface area contributed by atoms with Crippen molar-refractivity contribution in [2.24, 2.45) is 0 Å². The van der Waals surface area contributed by atoms with Gasteiger partial charge in [-0.15, -0.1) is 0 Å². The predicted molar refractivity (Wildman–Crippen MR) is 67.9 cm³/mol. The molecule has 1 heterocycles. The van der Waals surface area contributed by atoms with Gasteiger partial charge in [-0.1, -0.05) is 0 Å². The van der Waals surface area contributed by atoms with Gasteiger partial charge in [0.2, 0.25) is 5.82 Å². The first kappa shape index (κ1) is 13.0. The van der Waals surface area contributed by atoms with Crippen LogP contribution >= 0.6 is 0 Å². The highest BCUT2D eigenvalue weighted by atomic mass is 16.6. The van der Waals surface area contributed by atoms with E-state index in [0.717, 1.165) is 0 Å². The molecule has 0 unspecified atom stereocenters. The number of aromatic nitrogens is 1. The average Bonchev–Trinajstić information content (AvgIpc) is 2.25. The molecule has 0 saturated heterocycles. The Balaban J connectivity index is 3.30. The molecule has 0 aromatic carbocycles. The van der Waals surface area contributed by atoms with Crippen molar-refractivity contribution in [3.05, 3.63) is 34.1 Å². The first-order valence-electron chi connectivity index (χ1n) is 5.09. The van der Waals surface area contributed by atoms with Gasteiger partial charge in [0, 0.05) is 34.4 Å². The van der Waals surface area contributed by atoms with Crippen molar-refractivity contribution in [1.82, 2.24) is 9.88 Å². The summed E-state index contributed by atoms with van der Waals surface area (Å²) in [5, 5.41) is 11.1. The summed E-state index contributed by atoms with van der Waals surface area (Å²) in [5.41, 5.74) is 0.568. The van der Waals surface area contributed by atoms with Gasteiger partial charge in [0.25, 0.3) is 0 Å². The first-order chi connectivity index (χ1) is 7.93. The van der Waals surface area contributed by atoms with Gasteiger partial charge >= 0.3 is 5.69 Å². The molecular weight excluding hydrogens is 220 g/mol. The maximum absolute atomic E-state index is 11.1. The minimum absolute atomic E-state index is 0.0237. The lowest BCUT2D eigenvalue weighted by Crippen LogP contribution is -2.13. The second-order valence-electron chi connectivity index (χ2n) is 4.00. The summed E-state index contributed by atoms with van der Waals surface area (Å²) in [4.78, 5) is 18.2. The van der Waals surface area contributed by atoms with Crippen LogP contribution in [0, 0.1) is 10.1 Å². The number of hydrogen-bond acceptors (Lipinski definition) is 5. The number of rotatable bonds is 4. The summed E-state index contributed by atoms with van der Waals surface area (Å²) >= 11 is 0. The highest BCUT2D eigenvalue weighted by molar-refractivity contribution is 5.70. The Bertz CT molecular complexity index is 441. The fourth-order valence-electron chi connectivity index (χ4n) is 1.34. The van der Waals surface area contributed by atoms with Crippen molar-refractivity contribution in [2.75, 3.05) is 33.1 Å². The van der Waals surface area contributed by atoms with Gasteiger partial charge in [0.15, 0.2) is 0 Å². The Hall–Kier alpha value is -2.11. The Morgan fingerprint density at radius 2 is 2.00 bits per heavy atom. The zero-order valence-corrected chi connectivity index (χ0v) is 10.4. The van der Waals surface area contributed by atoms with E-state index < -0.39 is 4.92 Å². The van der Waals surface area contributed by atoms with E-state index in [1.54, 1.807) is 43.5 Å². The van der Waals surface area contributed by atoms with E-state index in [4.69, 9.17) is 0 Å². The molecule has 0 atom stereocenters. The highest BCUT2D eigenvalue weighted by Crippen LogP contribution is 2.28. The summed E-state index contributed by atoms with van der Waals surface area (Å²) in [5.74, 6) is 0.357. The van der Waals surface area contributed by atoms with Crippen LogP contribution in [0.25, 0.3) is 6.08 Å². The predicted octanol–water partition coefficient (Wildman–Crippen LogP) is 1.59. The zero-order valence-electron chi connectivity index (χ0n) is 10.4. The molecule has 1 aromatic rings. The van der Waals surface area contributed by atoms with Crippen LogP contribution in [0.15, 0.2) is 18.5 Å². The van der Waals surface area contributed by atoms with Crippen molar-refractivity contribution in [1.29, 1.82) is 0 Å². The second-order valence-corrected chi connectivity index (χ2v) is 4.00. The fraction of sp³-hybridized carbons (Fsp3) is 0.364. The van der Waals surface area contributed by atoms with Gasteiger partial charge < -0.3 is 9.80 Å². The Labute approximate surface area is 100 Å². The molecule has 0 saturated carbocycles. The van der Waals surface area contributed by atoms with Gasteiger partial charge in [-0.2, -0.15) is 0 Å². The molecule has 0 aliphatic carbocycles. The van der Waals surface area contributed by atoms with Gasteiger partial charge in [-0.25, -0.2) is 4.98 Å². The van der Waals surface area contributed by atoms with Crippen LogP contribution in [0.4, 0.5) is 11.5 Å². The minimum atomic E-state index is -0.405. The van der Waals surface area contributed by atoms with Crippen LogP contribution in [0.5, 0.6) is 0 Å². The van der Waals surface area contributed by atoms with E-state index in [9.17, 15) is 10.1 Å². The number of anilines is 1. The lowest BCUT2D eigenvalue weighted by atomic mass is 10.2. The van der Waals surface area contributed by atoms with Crippen LogP contribution in [-0.4, -0.2) is 43.0 Å². The number of hydrogen-bond donors (Lipinski definition) is 0. The Kier molecular flexibility index (Phi) is 4.03. The first-order valence-corrected chi connectivity index (χ1v) is 5.09. The average molecular weight is 236 g/mol. The molecule has 6 heteroatoms. The topological polar surface area (TPSA) is 62.5 Å². The van der Waals surface area contributed by atoms with Crippen molar-refractivity contribution < 1.29 is 4.92 Å². The molecule has 92 valence electrons. The maximum atomic E-state index is 11.1. The minimum Gasteiger partial charge on any atom is -0.383 e. The van der Waals surface area contributed by atoms with Crippen LogP contribution in [0.1, 0.15) is 5.56 Å². The lowest BCUT2D eigenvalue weighted by Gasteiger charge is -2.12. The third kappa shape index (κ3) is 3.17. The van der Waals surface area contributed by atoms with Crippen molar-refractivity contribution in [3.63, 3.8) is 0 Å². The molecule has 0 aliphatic rings. The molecule has 1 rings (SSSR count). The largest absolute Gasteiger partial charge is 0.383 e. The molecular formula is C11H16N4O2. The molecule has 0 spiro atoms. The molecule has 0 radical (unpaired) electrons. The van der Waals surface area contributed by atoms with E-state index in [1.165, 1.54) is 0 Å². The maximum Gasteiger partial charge on any atom is 0.318 e. The van der Waals surface area contributed by atoms with Gasteiger partial charge in [-0.05, 0) is 18.3 Å². The zero-order chi connectivity index (χ0) is 13.0. The fourth-order valence-corrected chi connectivity index (χ4v) is 1.34. The smallest absolute Gasteiger partial charge is 0.318 e. The molecule has 0 N–H and O–H groups in total. The number of nitrogens with zero attached hydrogens (tertiary/aromatic N) is 4. The summed E-state index contributed by atoms with van der Waals surface area (Å²) < 4.78 is 0. The van der Waals surface area contributed by atoms with Gasteiger partial charge in [0.1, 0.15) is 0 Å².